The summed E-state index contributed by atoms with van der Waals surface area (Å²) in [6.07, 6.45) is 2.16. The number of rotatable bonds is 6. The molecule has 1 saturated heterocycles. The molecule has 0 atom stereocenters. The predicted octanol–water partition coefficient (Wildman–Crippen LogP) is 3.11. The fourth-order valence-electron chi connectivity index (χ4n) is 2.97. The Kier molecular flexibility index (Phi) is 5.46. The van der Waals surface area contributed by atoms with Gasteiger partial charge in [0.1, 0.15) is 5.82 Å². The third-order valence-corrected chi connectivity index (χ3v) is 4.44. The van der Waals surface area contributed by atoms with E-state index in [1.807, 2.05) is 30.3 Å². The number of aromatic nitrogens is 3. The first-order valence-corrected chi connectivity index (χ1v) is 9.32. The van der Waals surface area contributed by atoms with Gasteiger partial charge in [0.2, 0.25) is 17.8 Å². The highest BCUT2D eigenvalue weighted by molar-refractivity contribution is 5.94. The first-order chi connectivity index (χ1) is 14.2. The molecule has 1 aliphatic heterocycles. The first kappa shape index (κ1) is 18.6. The minimum Gasteiger partial charge on any atom is -0.341 e. The standard InChI is InChI=1S/C20H20FN7O/c21-15-10-8-14(9-11-15)17(29)26-27-19-23-18(22-16-6-2-1-3-7-16)24-20(25-19)28-12-4-5-13-28/h1-3,6-11H,4-5,12-13H2,(H,26,29)(H2,22,23,24,25,27). The van der Waals surface area contributed by atoms with E-state index in [0.717, 1.165) is 31.6 Å². The van der Waals surface area contributed by atoms with E-state index in [4.69, 9.17) is 0 Å². The van der Waals surface area contributed by atoms with E-state index in [9.17, 15) is 9.18 Å². The zero-order valence-corrected chi connectivity index (χ0v) is 15.6. The van der Waals surface area contributed by atoms with Crippen LogP contribution >= 0.6 is 0 Å². The van der Waals surface area contributed by atoms with Gasteiger partial charge in [-0.25, -0.2) is 4.39 Å². The molecule has 2 heterocycles. The summed E-state index contributed by atoms with van der Waals surface area (Å²) in [6.45, 7) is 1.74. The van der Waals surface area contributed by atoms with Crippen molar-refractivity contribution in [2.75, 3.05) is 28.7 Å². The molecule has 8 nitrogen and oxygen atoms in total. The summed E-state index contributed by atoms with van der Waals surface area (Å²) in [5.74, 6) is 0.279. The number of carbonyl (C=O) groups is 1. The predicted molar refractivity (Wildman–Crippen MR) is 108 cm³/mol. The Morgan fingerprint density at radius 1 is 0.897 bits per heavy atom. The average molecular weight is 393 g/mol. The molecule has 3 aromatic rings. The molecule has 1 aromatic heterocycles. The lowest BCUT2D eigenvalue weighted by Gasteiger charge is -2.17. The molecule has 0 spiro atoms. The number of nitrogens with zero attached hydrogens (tertiary/aromatic N) is 4. The van der Waals surface area contributed by atoms with Gasteiger partial charge < -0.3 is 10.2 Å². The van der Waals surface area contributed by atoms with Gasteiger partial charge in [-0.3, -0.25) is 15.6 Å². The molecule has 148 valence electrons. The van der Waals surface area contributed by atoms with Crippen LogP contribution in [0.2, 0.25) is 0 Å². The molecule has 0 bridgehead atoms. The summed E-state index contributed by atoms with van der Waals surface area (Å²) in [5.41, 5.74) is 6.41. The highest BCUT2D eigenvalue weighted by atomic mass is 19.1. The smallest absolute Gasteiger partial charge is 0.269 e. The summed E-state index contributed by atoms with van der Waals surface area (Å²) < 4.78 is 13.0. The number of halogens is 1. The van der Waals surface area contributed by atoms with Crippen molar-refractivity contribution in [3.63, 3.8) is 0 Å². The number of benzene rings is 2. The molecule has 0 radical (unpaired) electrons. The van der Waals surface area contributed by atoms with E-state index in [1.165, 1.54) is 24.3 Å². The maximum Gasteiger partial charge on any atom is 0.269 e. The van der Waals surface area contributed by atoms with Crippen LogP contribution in [0.3, 0.4) is 0 Å². The summed E-state index contributed by atoms with van der Waals surface area (Å²) in [4.78, 5) is 27.6. The van der Waals surface area contributed by atoms with Crippen LogP contribution in [0.1, 0.15) is 23.2 Å². The van der Waals surface area contributed by atoms with Crippen molar-refractivity contribution < 1.29 is 9.18 Å². The summed E-state index contributed by atoms with van der Waals surface area (Å²) in [6, 6.07) is 14.8. The van der Waals surface area contributed by atoms with Crippen LogP contribution in [0.25, 0.3) is 0 Å². The van der Waals surface area contributed by atoms with Crippen LogP contribution in [0, 0.1) is 5.82 Å². The maximum absolute atomic E-state index is 13.0. The lowest BCUT2D eigenvalue weighted by Crippen LogP contribution is -2.31. The van der Waals surface area contributed by atoms with Crippen molar-refractivity contribution in [1.29, 1.82) is 0 Å². The van der Waals surface area contributed by atoms with Gasteiger partial charge in [0.05, 0.1) is 0 Å². The third kappa shape index (κ3) is 4.75. The van der Waals surface area contributed by atoms with Crippen molar-refractivity contribution in [1.82, 2.24) is 20.4 Å². The van der Waals surface area contributed by atoms with Gasteiger partial charge in [-0.05, 0) is 49.2 Å². The van der Waals surface area contributed by atoms with E-state index < -0.39 is 11.7 Å². The number of amides is 1. The Bertz CT molecular complexity index is 976. The molecule has 4 rings (SSSR count). The molecule has 0 aliphatic carbocycles. The molecule has 1 fully saturated rings. The van der Waals surface area contributed by atoms with Gasteiger partial charge in [-0.1, -0.05) is 18.2 Å². The molecule has 0 saturated carbocycles. The SMILES string of the molecule is O=C(NNc1nc(Nc2ccccc2)nc(N2CCCC2)n1)c1ccc(F)cc1. The van der Waals surface area contributed by atoms with E-state index >= 15 is 0 Å². The van der Waals surface area contributed by atoms with Crippen molar-refractivity contribution in [2.45, 2.75) is 12.8 Å². The third-order valence-electron chi connectivity index (χ3n) is 4.44. The Morgan fingerprint density at radius 2 is 1.59 bits per heavy atom. The second kappa shape index (κ2) is 8.51. The van der Waals surface area contributed by atoms with Gasteiger partial charge in [0, 0.05) is 24.3 Å². The number of carbonyl (C=O) groups excluding carboxylic acids is 1. The van der Waals surface area contributed by atoms with Crippen molar-refractivity contribution in [2.24, 2.45) is 0 Å². The zero-order valence-electron chi connectivity index (χ0n) is 15.6. The Balaban J connectivity index is 1.52. The van der Waals surface area contributed by atoms with Crippen LogP contribution in [0.4, 0.5) is 27.9 Å². The van der Waals surface area contributed by atoms with Crippen molar-refractivity contribution in [3.05, 3.63) is 66.0 Å². The van der Waals surface area contributed by atoms with Gasteiger partial charge >= 0.3 is 0 Å². The molecular formula is C20H20FN7O. The molecule has 3 N–H and O–H groups in total. The second-order valence-corrected chi connectivity index (χ2v) is 6.55. The molecule has 2 aromatic carbocycles. The van der Waals surface area contributed by atoms with Gasteiger partial charge in [-0.15, -0.1) is 0 Å². The van der Waals surface area contributed by atoms with Crippen LogP contribution < -0.4 is 21.1 Å². The van der Waals surface area contributed by atoms with Gasteiger partial charge in [0.25, 0.3) is 5.91 Å². The number of anilines is 4. The number of para-hydroxylation sites is 1. The second-order valence-electron chi connectivity index (χ2n) is 6.55. The van der Waals surface area contributed by atoms with E-state index in [-0.39, 0.29) is 5.95 Å². The van der Waals surface area contributed by atoms with E-state index in [0.29, 0.717) is 17.5 Å². The number of hydrazine groups is 1. The highest BCUT2D eigenvalue weighted by Gasteiger charge is 2.18. The lowest BCUT2D eigenvalue weighted by atomic mass is 10.2. The minimum absolute atomic E-state index is 0.204. The van der Waals surface area contributed by atoms with Gasteiger partial charge in [0.15, 0.2) is 0 Å². The Hall–Kier alpha value is -3.75. The first-order valence-electron chi connectivity index (χ1n) is 9.32. The molecule has 1 amide bonds. The normalized spacial score (nSPS) is 13.2. The van der Waals surface area contributed by atoms with Gasteiger partial charge in [-0.2, -0.15) is 15.0 Å². The molecule has 0 unspecified atom stereocenters. The molecule has 29 heavy (non-hydrogen) atoms. The molecular weight excluding hydrogens is 373 g/mol. The van der Waals surface area contributed by atoms with Crippen molar-refractivity contribution >= 4 is 29.4 Å². The van der Waals surface area contributed by atoms with Crippen LogP contribution in [-0.4, -0.2) is 33.9 Å². The Labute approximate surface area is 167 Å². The van der Waals surface area contributed by atoms with Crippen LogP contribution in [0.5, 0.6) is 0 Å². The van der Waals surface area contributed by atoms with Crippen molar-refractivity contribution in [3.8, 4) is 0 Å². The zero-order chi connectivity index (χ0) is 20.1. The number of hydrogen-bond acceptors (Lipinski definition) is 7. The maximum atomic E-state index is 13.0. The minimum atomic E-state index is -0.425. The fraction of sp³-hybridized carbons (Fsp3) is 0.200. The van der Waals surface area contributed by atoms with E-state index in [1.54, 1.807) is 0 Å². The van der Waals surface area contributed by atoms with E-state index in [2.05, 4.69) is 36.0 Å². The fourth-order valence-corrected chi connectivity index (χ4v) is 2.97. The highest BCUT2D eigenvalue weighted by Crippen LogP contribution is 2.20. The summed E-state index contributed by atoms with van der Waals surface area (Å²) in [5, 5.41) is 3.15. The number of hydrogen-bond donors (Lipinski definition) is 3. The number of nitrogens with one attached hydrogen (secondary N) is 3. The summed E-state index contributed by atoms with van der Waals surface area (Å²) >= 11 is 0. The monoisotopic (exact) mass is 393 g/mol. The lowest BCUT2D eigenvalue weighted by molar-refractivity contribution is 0.0962. The quantitative estimate of drug-likeness (QED) is 0.554. The largest absolute Gasteiger partial charge is 0.341 e. The Morgan fingerprint density at radius 3 is 2.31 bits per heavy atom. The average Bonchev–Trinajstić information content (AvgIpc) is 3.28. The topological polar surface area (TPSA) is 95.1 Å². The summed E-state index contributed by atoms with van der Waals surface area (Å²) in [7, 11) is 0. The van der Waals surface area contributed by atoms with Crippen LogP contribution in [-0.2, 0) is 0 Å². The molecule has 9 heteroatoms. The van der Waals surface area contributed by atoms with Crippen LogP contribution in [0.15, 0.2) is 54.6 Å². The molecule has 1 aliphatic rings.